The molecule has 2 unspecified atom stereocenters. The van der Waals surface area contributed by atoms with Crippen molar-refractivity contribution in [2.24, 2.45) is 5.92 Å². The Morgan fingerprint density at radius 2 is 1.66 bits per heavy atom. The predicted octanol–water partition coefficient (Wildman–Crippen LogP) is 8.54. The number of nitrogens with zero attached hydrogens (tertiary/aromatic N) is 6. The highest BCUT2D eigenvalue weighted by molar-refractivity contribution is 5.97. The molecule has 0 N–H and O–H groups in total. The molecule has 2 fully saturated rings. The Hall–Kier alpha value is -4.29. The van der Waals surface area contributed by atoms with E-state index >= 15 is 0 Å². The fourth-order valence-electron chi connectivity index (χ4n) is 6.37. The van der Waals surface area contributed by atoms with E-state index in [1.165, 1.54) is 4.90 Å². The van der Waals surface area contributed by atoms with E-state index in [9.17, 15) is 9.59 Å². The molecule has 4 heterocycles. The van der Waals surface area contributed by atoms with Crippen LogP contribution in [-0.4, -0.2) is 61.8 Å². The van der Waals surface area contributed by atoms with Gasteiger partial charge >= 0.3 is 6.09 Å². The second kappa shape index (κ2) is 15.7. The first-order chi connectivity index (χ1) is 24.1. The smallest absolute Gasteiger partial charge is 0.421 e. The van der Waals surface area contributed by atoms with Crippen molar-refractivity contribution < 1.29 is 28.5 Å². The van der Waals surface area contributed by atoms with Gasteiger partial charge in [-0.1, -0.05) is 13.8 Å². The molecular weight excluding hydrogens is 636 g/mol. The van der Waals surface area contributed by atoms with Crippen LogP contribution >= 0.6 is 0 Å². The van der Waals surface area contributed by atoms with Crippen LogP contribution in [0.3, 0.4) is 0 Å². The summed E-state index contributed by atoms with van der Waals surface area (Å²) in [6.07, 6.45) is 8.33. The number of fused-ring (bicyclic) bond motifs is 1. The van der Waals surface area contributed by atoms with Gasteiger partial charge in [0.1, 0.15) is 17.1 Å². The normalized spacial score (nSPS) is 18.4. The molecule has 6 rings (SSSR count). The number of carbonyl (C=O) groups is 2. The maximum Gasteiger partial charge on any atom is 0.421 e. The molecule has 2 aromatic carbocycles. The summed E-state index contributed by atoms with van der Waals surface area (Å²) in [5, 5.41) is 10.4. The van der Waals surface area contributed by atoms with E-state index < -0.39 is 11.7 Å². The number of benzene rings is 2. The van der Waals surface area contributed by atoms with Gasteiger partial charge in [0.15, 0.2) is 18.3 Å². The minimum atomic E-state index is -0.752. The number of Topliss-reactive ketones (excluding diaryl/α,β-unsaturated/α-hetero) is 1. The summed E-state index contributed by atoms with van der Waals surface area (Å²) in [7, 11) is 0. The Bertz CT molecular complexity index is 1750. The second-order valence-electron chi connectivity index (χ2n) is 14.6. The van der Waals surface area contributed by atoms with Crippen LogP contribution in [0.4, 0.5) is 16.4 Å². The van der Waals surface area contributed by atoms with Crippen LogP contribution in [0.1, 0.15) is 105 Å². The Morgan fingerprint density at radius 3 is 2.30 bits per heavy atom. The van der Waals surface area contributed by atoms with E-state index in [1.807, 2.05) is 67.9 Å². The SMILES string of the molecule is CC(C)CC(=O)CCCOc1ccc(-c2nc(N(C(=O)OC(C)(C)C)c3ccc4c(cnn4C4CCCCO4)c3)nn2C2CCCCO2)cc1. The molecule has 0 aliphatic carbocycles. The minimum absolute atomic E-state index is 0.111. The van der Waals surface area contributed by atoms with Gasteiger partial charge in [0.2, 0.25) is 0 Å². The van der Waals surface area contributed by atoms with Crippen LogP contribution in [0.25, 0.3) is 22.3 Å². The van der Waals surface area contributed by atoms with E-state index in [2.05, 4.69) is 18.9 Å². The van der Waals surface area contributed by atoms with Gasteiger partial charge in [-0.15, -0.1) is 5.10 Å². The van der Waals surface area contributed by atoms with Crippen molar-refractivity contribution in [2.45, 2.75) is 110 Å². The van der Waals surface area contributed by atoms with Crippen LogP contribution in [-0.2, 0) is 19.0 Å². The van der Waals surface area contributed by atoms with Gasteiger partial charge in [-0.3, -0.25) is 4.79 Å². The number of carbonyl (C=O) groups excluding carboxylic acids is 2. The van der Waals surface area contributed by atoms with Gasteiger partial charge in [-0.05, 0) is 114 Å². The van der Waals surface area contributed by atoms with Crippen molar-refractivity contribution in [3.63, 3.8) is 0 Å². The lowest BCUT2D eigenvalue weighted by Crippen LogP contribution is -2.34. The first kappa shape index (κ1) is 35.5. The molecule has 0 spiro atoms. The number of ketones is 1. The summed E-state index contributed by atoms with van der Waals surface area (Å²) in [6.45, 7) is 11.4. The predicted molar refractivity (Wildman–Crippen MR) is 190 cm³/mol. The molecule has 0 saturated carbocycles. The summed E-state index contributed by atoms with van der Waals surface area (Å²) >= 11 is 0. The highest BCUT2D eigenvalue weighted by atomic mass is 16.6. The van der Waals surface area contributed by atoms with Crippen molar-refractivity contribution in [2.75, 3.05) is 24.7 Å². The molecule has 2 saturated heterocycles. The lowest BCUT2D eigenvalue weighted by Gasteiger charge is -2.26. The molecule has 12 nitrogen and oxygen atoms in total. The van der Waals surface area contributed by atoms with Gasteiger partial charge in [-0.25, -0.2) is 19.1 Å². The zero-order valence-corrected chi connectivity index (χ0v) is 30.0. The van der Waals surface area contributed by atoms with Crippen LogP contribution in [0.5, 0.6) is 5.75 Å². The highest BCUT2D eigenvalue weighted by Gasteiger charge is 2.32. The number of anilines is 2. The Kier molecular flexibility index (Phi) is 11.2. The third kappa shape index (κ3) is 8.70. The van der Waals surface area contributed by atoms with E-state index in [-0.39, 0.29) is 24.2 Å². The second-order valence-corrected chi connectivity index (χ2v) is 14.6. The number of ether oxygens (including phenoxy) is 4. The number of amides is 1. The fraction of sp³-hybridized carbons (Fsp3) is 0.553. The third-order valence-electron chi connectivity index (χ3n) is 8.71. The molecule has 12 heteroatoms. The minimum Gasteiger partial charge on any atom is -0.494 e. The molecule has 2 aliphatic heterocycles. The fourth-order valence-corrected chi connectivity index (χ4v) is 6.37. The van der Waals surface area contributed by atoms with Crippen molar-refractivity contribution in [3.8, 4) is 17.1 Å². The maximum atomic E-state index is 14.0. The zero-order chi connectivity index (χ0) is 35.3. The average Bonchev–Trinajstić information content (AvgIpc) is 3.72. The monoisotopic (exact) mass is 686 g/mol. The summed E-state index contributed by atoms with van der Waals surface area (Å²) in [5.41, 5.74) is 1.52. The van der Waals surface area contributed by atoms with Crippen molar-refractivity contribution in [3.05, 3.63) is 48.7 Å². The molecule has 268 valence electrons. The topological polar surface area (TPSA) is 123 Å². The molecule has 2 aromatic heterocycles. The first-order valence-electron chi connectivity index (χ1n) is 18.0. The standard InChI is InChI=1S/C38H50N6O6/c1-26(2)23-30(45)11-10-22-47-31-17-14-27(15-18-31)35-40-36(41-44(35)34-13-7-9-21-49-34)42(37(46)50-38(3,4)5)29-16-19-32-28(24-29)25-39-43(32)33-12-6-8-20-48-33/h14-19,24-26,33-34H,6-13,20-23H2,1-5H3. The zero-order valence-electron chi connectivity index (χ0n) is 30.0. The Balaban J connectivity index is 1.30. The summed E-state index contributed by atoms with van der Waals surface area (Å²) in [5.74, 6) is 2.08. The van der Waals surface area contributed by atoms with Crippen LogP contribution < -0.4 is 9.64 Å². The Labute approximate surface area is 294 Å². The molecule has 2 atom stereocenters. The number of hydrogen-bond donors (Lipinski definition) is 0. The molecule has 0 bridgehead atoms. The molecule has 2 aliphatic rings. The molecule has 1 amide bonds. The van der Waals surface area contributed by atoms with Gasteiger partial charge in [0.25, 0.3) is 5.95 Å². The maximum absolute atomic E-state index is 14.0. The first-order valence-corrected chi connectivity index (χ1v) is 18.0. The summed E-state index contributed by atoms with van der Waals surface area (Å²) in [4.78, 5) is 32.4. The van der Waals surface area contributed by atoms with Crippen LogP contribution in [0.15, 0.2) is 48.7 Å². The van der Waals surface area contributed by atoms with E-state index in [1.54, 1.807) is 10.9 Å². The number of rotatable bonds is 12. The van der Waals surface area contributed by atoms with Gasteiger partial charge in [0, 0.05) is 37.0 Å². The molecule has 50 heavy (non-hydrogen) atoms. The third-order valence-corrected chi connectivity index (χ3v) is 8.71. The summed E-state index contributed by atoms with van der Waals surface area (Å²) < 4.78 is 27.7. The molecule has 0 radical (unpaired) electrons. The Morgan fingerprint density at radius 1 is 0.960 bits per heavy atom. The number of hydrogen-bond acceptors (Lipinski definition) is 9. The van der Waals surface area contributed by atoms with Gasteiger partial charge in [-0.2, -0.15) is 10.1 Å². The molecular formula is C38H50N6O6. The summed E-state index contributed by atoms with van der Waals surface area (Å²) in [6, 6.07) is 13.4. The van der Waals surface area contributed by atoms with Gasteiger partial charge in [0.05, 0.1) is 24.0 Å². The van der Waals surface area contributed by atoms with E-state index in [0.29, 0.717) is 62.3 Å². The number of aromatic nitrogens is 5. The van der Waals surface area contributed by atoms with Gasteiger partial charge < -0.3 is 18.9 Å². The van der Waals surface area contributed by atoms with E-state index in [4.69, 9.17) is 29.0 Å². The molecule has 4 aromatic rings. The van der Waals surface area contributed by atoms with Crippen molar-refractivity contribution in [1.29, 1.82) is 0 Å². The lowest BCUT2D eigenvalue weighted by atomic mass is 10.0. The quantitative estimate of drug-likeness (QED) is 0.135. The lowest BCUT2D eigenvalue weighted by molar-refractivity contribution is -0.119. The van der Waals surface area contributed by atoms with Crippen LogP contribution in [0.2, 0.25) is 0 Å². The van der Waals surface area contributed by atoms with E-state index in [0.717, 1.165) is 55.0 Å². The largest absolute Gasteiger partial charge is 0.494 e. The average molecular weight is 687 g/mol. The van der Waals surface area contributed by atoms with Crippen LogP contribution in [0, 0.1) is 5.92 Å². The van der Waals surface area contributed by atoms with Crippen molar-refractivity contribution >= 4 is 34.4 Å². The van der Waals surface area contributed by atoms with Crippen molar-refractivity contribution in [1.82, 2.24) is 24.5 Å². The highest BCUT2D eigenvalue weighted by Crippen LogP contribution is 2.35.